The largest absolute Gasteiger partial charge is 0.486 e. The van der Waals surface area contributed by atoms with Gasteiger partial charge in [0.15, 0.2) is 0 Å². The third-order valence-electron chi connectivity index (χ3n) is 4.65. The number of rotatable bonds is 7. The quantitative estimate of drug-likeness (QED) is 0.388. The number of H-pyrrole nitrogens is 1. The van der Waals surface area contributed by atoms with E-state index >= 15 is 0 Å². The number of alkyl halides is 2. The van der Waals surface area contributed by atoms with Crippen molar-refractivity contribution in [1.29, 1.82) is 0 Å². The molecular weight excluding hydrogens is 472 g/mol. The summed E-state index contributed by atoms with van der Waals surface area (Å²) in [7, 11) is 0. The van der Waals surface area contributed by atoms with Crippen molar-refractivity contribution in [2.24, 2.45) is 0 Å². The van der Waals surface area contributed by atoms with Gasteiger partial charge in [0, 0.05) is 11.5 Å². The van der Waals surface area contributed by atoms with Crippen LogP contribution in [0.5, 0.6) is 5.75 Å². The van der Waals surface area contributed by atoms with Crippen molar-refractivity contribution in [2.75, 3.05) is 6.61 Å². The zero-order valence-electron chi connectivity index (χ0n) is 16.4. The number of hydrogen-bond donors (Lipinski definition) is 2. The number of carbonyl (C=O) groups is 1. The van der Waals surface area contributed by atoms with Gasteiger partial charge < -0.3 is 14.8 Å². The minimum absolute atomic E-state index is 0.0192. The first-order valence-corrected chi connectivity index (χ1v) is 9.70. The number of carboxylic acid groups (broad SMARTS) is 1. The van der Waals surface area contributed by atoms with Crippen LogP contribution in [-0.4, -0.2) is 43.9 Å². The number of nitrogens with one attached hydrogen (secondary N) is 1. The Morgan fingerprint density at radius 3 is 2.58 bits per heavy atom. The van der Waals surface area contributed by atoms with Gasteiger partial charge in [-0.25, -0.2) is 27.2 Å². The first kappa shape index (κ1) is 22.5. The fourth-order valence-corrected chi connectivity index (χ4v) is 3.56. The Balaban J connectivity index is 1.81. The molecule has 0 unspecified atom stereocenters. The van der Waals surface area contributed by atoms with Crippen molar-refractivity contribution in [1.82, 2.24) is 19.7 Å². The van der Waals surface area contributed by atoms with Gasteiger partial charge in [-0.1, -0.05) is 11.6 Å². The van der Waals surface area contributed by atoms with Crippen LogP contribution in [-0.2, 0) is 17.8 Å². The van der Waals surface area contributed by atoms with Gasteiger partial charge in [-0.05, 0) is 18.2 Å². The van der Waals surface area contributed by atoms with Crippen LogP contribution in [0.15, 0.2) is 29.1 Å². The number of halogens is 5. The van der Waals surface area contributed by atoms with Crippen LogP contribution in [0.2, 0.25) is 5.02 Å². The Labute approximate surface area is 186 Å². The van der Waals surface area contributed by atoms with Gasteiger partial charge in [-0.3, -0.25) is 9.59 Å². The van der Waals surface area contributed by atoms with Crippen molar-refractivity contribution in [3.63, 3.8) is 0 Å². The molecule has 172 valence electrons. The standard InChI is InChI=1S/C20H13ClF4N4O4/c21-8-3-11-12(4-14(8)33-7-15(24)25)27-16(26-11)5-13-18-9(22)1-2-10(23)19(18)20(32)29(28-13)6-17(30)31/h1-4,15H,5-7H2,(H,26,27)(H,30,31). The molecule has 0 aliphatic heterocycles. The number of carboxylic acids is 1. The summed E-state index contributed by atoms with van der Waals surface area (Å²) >= 11 is 6.04. The Hall–Kier alpha value is -3.67. The molecule has 4 aromatic rings. The second kappa shape index (κ2) is 8.70. The second-order valence-corrected chi connectivity index (χ2v) is 7.35. The number of nitrogens with zero attached hydrogens (tertiary/aromatic N) is 3. The summed E-state index contributed by atoms with van der Waals surface area (Å²) in [5, 5.41) is 12.0. The van der Waals surface area contributed by atoms with Gasteiger partial charge in [-0.2, -0.15) is 5.10 Å². The lowest BCUT2D eigenvalue weighted by atomic mass is 10.1. The van der Waals surface area contributed by atoms with Crippen LogP contribution in [0.4, 0.5) is 17.6 Å². The Morgan fingerprint density at radius 2 is 1.91 bits per heavy atom. The van der Waals surface area contributed by atoms with Crippen LogP contribution in [0.3, 0.4) is 0 Å². The molecule has 8 nitrogen and oxygen atoms in total. The van der Waals surface area contributed by atoms with E-state index in [0.29, 0.717) is 10.2 Å². The highest BCUT2D eigenvalue weighted by Crippen LogP contribution is 2.30. The van der Waals surface area contributed by atoms with Gasteiger partial charge in [0.25, 0.3) is 12.0 Å². The number of fused-ring (bicyclic) bond motifs is 2. The number of benzene rings is 2. The topological polar surface area (TPSA) is 110 Å². The Bertz CT molecular complexity index is 1450. The van der Waals surface area contributed by atoms with Gasteiger partial charge >= 0.3 is 5.97 Å². The molecule has 0 amide bonds. The van der Waals surface area contributed by atoms with Gasteiger partial charge in [0.05, 0.1) is 33.6 Å². The summed E-state index contributed by atoms with van der Waals surface area (Å²) < 4.78 is 59.3. The van der Waals surface area contributed by atoms with Crippen molar-refractivity contribution in [3.05, 3.63) is 62.8 Å². The first-order chi connectivity index (χ1) is 15.6. The molecular formula is C20H13ClF4N4O4. The molecule has 33 heavy (non-hydrogen) atoms. The summed E-state index contributed by atoms with van der Waals surface area (Å²) in [6.07, 6.45) is -2.95. The molecule has 0 atom stereocenters. The van der Waals surface area contributed by atoms with Crippen molar-refractivity contribution in [3.8, 4) is 5.75 Å². The molecule has 2 aromatic heterocycles. The molecule has 0 fully saturated rings. The Kier molecular flexibility index (Phi) is 5.93. The van der Waals surface area contributed by atoms with Crippen molar-refractivity contribution < 1.29 is 32.2 Å². The molecule has 0 aliphatic rings. The highest BCUT2D eigenvalue weighted by Gasteiger charge is 2.20. The number of imidazole rings is 1. The van der Waals surface area contributed by atoms with Crippen LogP contribution in [0, 0.1) is 11.6 Å². The average Bonchev–Trinajstić information content (AvgIpc) is 3.11. The maximum Gasteiger partial charge on any atom is 0.325 e. The minimum atomic E-state index is -2.71. The molecule has 0 radical (unpaired) electrons. The third-order valence-corrected chi connectivity index (χ3v) is 4.95. The van der Waals surface area contributed by atoms with Gasteiger partial charge in [0.1, 0.15) is 36.4 Å². The Morgan fingerprint density at radius 1 is 1.21 bits per heavy atom. The summed E-state index contributed by atoms with van der Waals surface area (Å²) in [5.74, 6) is -3.19. The van der Waals surface area contributed by atoms with Crippen LogP contribution in [0.1, 0.15) is 11.5 Å². The van der Waals surface area contributed by atoms with Crippen molar-refractivity contribution >= 4 is 39.4 Å². The number of aliphatic carboxylic acids is 1. The SMILES string of the molecule is O=C(O)Cn1nc(Cc2nc3cc(OCC(F)F)c(Cl)cc3[nH]2)c2c(F)ccc(F)c2c1=O. The molecule has 0 bridgehead atoms. The highest BCUT2D eigenvalue weighted by molar-refractivity contribution is 6.32. The summed E-state index contributed by atoms with van der Waals surface area (Å²) in [6.45, 7) is -1.73. The van der Waals surface area contributed by atoms with Crippen LogP contribution < -0.4 is 10.3 Å². The van der Waals surface area contributed by atoms with E-state index in [0.717, 1.165) is 12.1 Å². The van der Waals surface area contributed by atoms with Crippen LogP contribution >= 0.6 is 11.6 Å². The number of hydrogen-bond acceptors (Lipinski definition) is 5. The zero-order valence-corrected chi connectivity index (χ0v) is 17.2. The monoisotopic (exact) mass is 484 g/mol. The summed E-state index contributed by atoms with van der Waals surface area (Å²) in [6, 6.07) is 4.31. The lowest BCUT2D eigenvalue weighted by Crippen LogP contribution is -2.29. The lowest BCUT2D eigenvalue weighted by molar-refractivity contribution is -0.138. The minimum Gasteiger partial charge on any atom is -0.486 e. The van der Waals surface area contributed by atoms with Crippen molar-refractivity contribution in [2.45, 2.75) is 19.4 Å². The molecule has 2 heterocycles. The maximum atomic E-state index is 14.6. The zero-order chi connectivity index (χ0) is 23.9. The van der Waals surface area contributed by atoms with E-state index in [4.69, 9.17) is 21.4 Å². The molecule has 4 rings (SSSR count). The molecule has 0 saturated carbocycles. The fraction of sp³-hybridized carbons (Fsp3) is 0.200. The molecule has 2 N–H and O–H groups in total. The van der Waals surface area contributed by atoms with E-state index in [-0.39, 0.29) is 34.2 Å². The highest BCUT2D eigenvalue weighted by atomic mass is 35.5. The predicted octanol–water partition coefficient (Wildman–Crippen LogP) is 3.52. The van der Waals surface area contributed by atoms with Gasteiger partial charge in [0.2, 0.25) is 0 Å². The number of aromatic amines is 1. The molecule has 0 spiro atoms. The van der Waals surface area contributed by atoms with Gasteiger partial charge in [-0.15, -0.1) is 0 Å². The normalized spacial score (nSPS) is 11.6. The second-order valence-electron chi connectivity index (χ2n) is 6.94. The smallest absolute Gasteiger partial charge is 0.325 e. The van der Waals surface area contributed by atoms with E-state index in [1.165, 1.54) is 12.1 Å². The molecule has 2 aromatic carbocycles. The molecule has 13 heteroatoms. The van der Waals surface area contributed by atoms with E-state index < -0.39 is 53.5 Å². The van der Waals surface area contributed by atoms with E-state index in [1.807, 2.05) is 0 Å². The lowest BCUT2D eigenvalue weighted by Gasteiger charge is -2.10. The number of ether oxygens (including phenoxy) is 1. The predicted molar refractivity (Wildman–Crippen MR) is 109 cm³/mol. The van der Waals surface area contributed by atoms with E-state index in [2.05, 4.69) is 15.1 Å². The summed E-state index contributed by atoms with van der Waals surface area (Å²) in [5.41, 5.74) is -0.546. The third kappa shape index (κ3) is 4.46. The average molecular weight is 485 g/mol. The molecule has 0 saturated heterocycles. The summed E-state index contributed by atoms with van der Waals surface area (Å²) in [4.78, 5) is 30.7. The number of aromatic nitrogens is 4. The maximum absolute atomic E-state index is 14.6. The molecule has 0 aliphatic carbocycles. The first-order valence-electron chi connectivity index (χ1n) is 9.32. The van der Waals surface area contributed by atoms with E-state index in [9.17, 15) is 27.2 Å². The fourth-order valence-electron chi connectivity index (χ4n) is 3.34. The van der Waals surface area contributed by atoms with Crippen LogP contribution in [0.25, 0.3) is 21.8 Å². The van der Waals surface area contributed by atoms with E-state index in [1.54, 1.807) is 0 Å².